The fourth-order valence-electron chi connectivity index (χ4n) is 2.47. The Morgan fingerprint density at radius 2 is 2.04 bits per heavy atom. The number of rotatable bonds is 7. The summed E-state index contributed by atoms with van der Waals surface area (Å²) in [6.07, 6.45) is 0. The van der Waals surface area contributed by atoms with Crippen LogP contribution in [0, 0.1) is 25.5 Å². The van der Waals surface area contributed by atoms with Crippen molar-refractivity contribution in [2.75, 3.05) is 19.7 Å². The zero-order valence-electron chi connectivity index (χ0n) is 15.6. The monoisotopic (exact) mass is 365 g/mol. The molecule has 0 amide bonds. The summed E-state index contributed by atoms with van der Waals surface area (Å²) < 4.78 is 33.5. The lowest BCUT2D eigenvalue weighted by Crippen LogP contribution is -2.39. The van der Waals surface area contributed by atoms with Gasteiger partial charge in [0.1, 0.15) is 12.4 Å². The third-order valence-electron chi connectivity index (χ3n) is 3.94. The van der Waals surface area contributed by atoms with E-state index in [0.29, 0.717) is 25.6 Å². The molecule has 2 N–H and O–H groups in total. The summed E-state index contributed by atoms with van der Waals surface area (Å²) in [5.41, 5.74) is 3.13. The van der Waals surface area contributed by atoms with Gasteiger partial charge in [-0.2, -0.15) is 5.10 Å². The minimum atomic E-state index is -0.715. The predicted molar refractivity (Wildman–Crippen MR) is 97.4 cm³/mol. The molecular weight excluding hydrogens is 340 g/mol. The molecule has 142 valence electrons. The number of aryl methyl sites for hydroxylation is 2. The van der Waals surface area contributed by atoms with Gasteiger partial charge in [-0.1, -0.05) is 0 Å². The van der Waals surface area contributed by atoms with Crippen LogP contribution in [0.4, 0.5) is 8.78 Å². The second-order valence-corrected chi connectivity index (χ2v) is 5.82. The molecule has 0 bridgehead atoms. The molecule has 1 aromatic heterocycles. The molecule has 0 aliphatic carbocycles. The molecule has 6 nitrogen and oxygen atoms in total. The molecule has 26 heavy (non-hydrogen) atoms. The molecule has 8 heteroatoms. The standard InChI is InChI=1S/C18H25F2N5O/c1-5-21-18(23-11-15-12(2)24-25(4)13(15)3)22-8-9-26-17-7-6-14(19)10-16(17)20/h6-7,10H,5,8-9,11H2,1-4H3,(H2,21,22,23). The summed E-state index contributed by atoms with van der Waals surface area (Å²) >= 11 is 0. The normalized spacial score (nSPS) is 11.5. The van der Waals surface area contributed by atoms with Gasteiger partial charge in [0.15, 0.2) is 17.5 Å². The number of hydrogen-bond donors (Lipinski definition) is 2. The van der Waals surface area contributed by atoms with E-state index in [-0.39, 0.29) is 12.4 Å². The summed E-state index contributed by atoms with van der Waals surface area (Å²) in [6, 6.07) is 3.24. The molecule has 0 saturated carbocycles. The van der Waals surface area contributed by atoms with Gasteiger partial charge in [-0.05, 0) is 32.9 Å². The summed E-state index contributed by atoms with van der Waals surface area (Å²) in [5.74, 6) is -0.682. The average molecular weight is 365 g/mol. The average Bonchev–Trinajstić information content (AvgIpc) is 2.83. The Hall–Kier alpha value is -2.64. The number of hydrogen-bond acceptors (Lipinski definition) is 3. The van der Waals surface area contributed by atoms with Crippen LogP contribution in [-0.4, -0.2) is 35.4 Å². The Balaban J connectivity index is 1.89. The zero-order chi connectivity index (χ0) is 19.1. The Labute approximate surface area is 152 Å². The maximum absolute atomic E-state index is 13.5. The van der Waals surface area contributed by atoms with Crippen LogP contribution in [0.15, 0.2) is 23.2 Å². The molecule has 2 rings (SSSR count). The molecular formula is C18H25F2N5O. The van der Waals surface area contributed by atoms with Crippen LogP contribution in [0.5, 0.6) is 5.75 Å². The molecule has 0 saturated heterocycles. The highest BCUT2D eigenvalue weighted by atomic mass is 19.1. The van der Waals surface area contributed by atoms with E-state index in [1.54, 1.807) is 0 Å². The van der Waals surface area contributed by atoms with Crippen LogP contribution < -0.4 is 15.4 Å². The second-order valence-electron chi connectivity index (χ2n) is 5.82. The van der Waals surface area contributed by atoms with E-state index >= 15 is 0 Å². The number of aromatic nitrogens is 2. The van der Waals surface area contributed by atoms with Crippen molar-refractivity contribution in [3.8, 4) is 5.75 Å². The van der Waals surface area contributed by atoms with E-state index in [1.807, 2.05) is 32.5 Å². The van der Waals surface area contributed by atoms with Crippen LogP contribution in [0.2, 0.25) is 0 Å². The van der Waals surface area contributed by atoms with Crippen molar-refractivity contribution >= 4 is 5.96 Å². The second kappa shape index (κ2) is 9.17. The molecule has 1 aromatic carbocycles. The Bertz CT molecular complexity index is 773. The maximum atomic E-state index is 13.5. The molecule has 0 aliphatic rings. The number of benzene rings is 1. The third-order valence-corrected chi connectivity index (χ3v) is 3.94. The summed E-state index contributed by atoms with van der Waals surface area (Å²) in [5, 5.41) is 10.7. The first kappa shape index (κ1) is 19.7. The van der Waals surface area contributed by atoms with Gasteiger partial charge in [-0.25, -0.2) is 13.8 Å². The van der Waals surface area contributed by atoms with E-state index in [2.05, 4.69) is 20.7 Å². The molecule has 0 unspecified atom stereocenters. The van der Waals surface area contributed by atoms with Crippen LogP contribution in [0.3, 0.4) is 0 Å². The predicted octanol–water partition coefficient (Wildman–Crippen LogP) is 2.45. The highest BCUT2D eigenvalue weighted by Gasteiger charge is 2.09. The summed E-state index contributed by atoms with van der Waals surface area (Å²) in [4.78, 5) is 4.55. The SMILES string of the molecule is CCNC(=NCc1c(C)nn(C)c1C)NCCOc1ccc(F)cc1F. The van der Waals surface area contributed by atoms with Gasteiger partial charge in [-0.15, -0.1) is 0 Å². The number of aliphatic imine (C=N–C) groups is 1. The Morgan fingerprint density at radius 3 is 2.65 bits per heavy atom. The van der Waals surface area contributed by atoms with Crippen molar-refractivity contribution in [3.63, 3.8) is 0 Å². The first-order chi connectivity index (χ1) is 12.4. The number of ether oxygens (including phenoxy) is 1. The van der Waals surface area contributed by atoms with E-state index in [0.717, 1.165) is 29.1 Å². The first-order valence-corrected chi connectivity index (χ1v) is 8.51. The summed E-state index contributed by atoms with van der Waals surface area (Å²) in [7, 11) is 1.91. The quantitative estimate of drug-likeness (QED) is 0.449. The topological polar surface area (TPSA) is 63.5 Å². The number of nitrogens with zero attached hydrogens (tertiary/aromatic N) is 3. The lowest BCUT2D eigenvalue weighted by molar-refractivity contribution is 0.304. The lowest BCUT2D eigenvalue weighted by atomic mass is 10.2. The molecule has 0 aliphatic heterocycles. The van der Waals surface area contributed by atoms with Crippen molar-refractivity contribution in [2.24, 2.45) is 12.0 Å². The highest BCUT2D eigenvalue weighted by Crippen LogP contribution is 2.17. The van der Waals surface area contributed by atoms with Crippen molar-refractivity contribution in [1.82, 2.24) is 20.4 Å². The van der Waals surface area contributed by atoms with Gasteiger partial charge in [0, 0.05) is 30.9 Å². The minimum Gasteiger partial charge on any atom is -0.489 e. The zero-order valence-corrected chi connectivity index (χ0v) is 15.6. The van der Waals surface area contributed by atoms with E-state index in [9.17, 15) is 8.78 Å². The molecule has 1 heterocycles. The Morgan fingerprint density at radius 1 is 1.27 bits per heavy atom. The smallest absolute Gasteiger partial charge is 0.191 e. The van der Waals surface area contributed by atoms with Crippen LogP contribution in [-0.2, 0) is 13.6 Å². The van der Waals surface area contributed by atoms with Crippen LogP contribution >= 0.6 is 0 Å². The highest BCUT2D eigenvalue weighted by molar-refractivity contribution is 5.79. The van der Waals surface area contributed by atoms with Crippen molar-refractivity contribution in [1.29, 1.82) is 0 Å². The molecule has 0 spiro atoms. The van der Waals surface area contributed by atoms with Crippen LogP contribution in [0.1, 0.15) is 23.9 Å². The number of guanidine groups is 1. The summed E-state index contributed by atoms with van der Waals surface area (Å²) in [6.45, 7) is 7.81. The van der Waals surface area contributed by atoms with E-state index in [4.69, 9.17) is 4.74 Å². The van der Waals surface area contributed by atoms with Gasteiger partial charge in [0.2, 0.25) is 0 Å². The van der Waals surface area contributed by atoms with Crippen molar-refractivity contribution in [3.05, 3.63) is 46.8 Å². The van der Waals surface area contributed by atoms with Crippen molar-refractivity contribution in [2.45, 2.75) is 27.3 Å². The van der Waals surface area contributed by atoms with Gasteiger partial charge in [0.25, 0.3) is 0 Å². The maximum Gasteiger partial charge on any atom is 0.191 e. The fraction of sp³-hybridized carbons (Fsp3) is 0.444. The van der Waals surface area contributed by atoms with Gasteiger partial charge in [-0.3, -0.25) is 4.68 Å². The Kier molecular flexibility index (Phi) is 6.94. The van der Waals surface area contributed by atoms with Gasteiger partial charge < -0.3 is 15.4 Å². The van der Waals surface area contributed by atoms with Crippen LogP contribution in [0.25, 0.3) is 0 Å². The van der Waals surface area contributed by atoms with Gasteiger partial charge >= 0.3 is 0 Å². The van der Waals surface area contributed by atoms with E-state index in [1.165, 1.54) is 6.07 Å². The largest absolute Gasteiger partial charge is 0.489 e. The molecule has 0 fully saturated rings. The molecule has 2 aromatic rings. The minimum absolute atomic E-state index is 0.0248. The van der Waals surface area contributed by atoms with Crippen molar-refractivity contribution < 1.29 is 13.5 Å². The number of nitrogens with one attached hydrogen (secondary N) is 2. The van der Waals surface area contributed by atoms with Gasteiger partial charge in [0.05, 0.1) is 18.8 Å². The lowest BCUT2D eigenvalue weighted by Gasteiger charge is -2.12. The van der Waals surface area contributed by atoms with E-state index < -0.39 is 11.6 Å². The number of halogens is 2. The molecule has 0 radical (unpaired) electrons. The third kappa shape index (κ3) is 5.18. The fourth-order valence-corrected chi connectivity index (χ4v) is 2.47. The molecule has 0 atom stereocenters. The first-order valence-electron chi connectivity index (χ1n) is 8.51.